The lowest BCUT2D eigenvalue weighted by atomic mass is 10.1. The first-order chi connectivity index (χ1) is 7.67. The van der Waals surface area contributed by atoms with Gasteiger partial charge in [0.1, 0.15) is 0 Å². The van der Waals surface area contributed by atoms with Gasteiger partial charge in [0.05, 0.1) is 0 Å². The smallest absolute Gasteiger partial charge is 0.260 e. The van der Waals surface area contributed by atoms with Gasteiger partial charge in [0, 0.05) is 23.3 Å². The third-order valence-electron chi connectivity index (χ3n) is 2.08. The van der Waals surface area contributed by atoms with Crippen molar-refractivity contribution in [3.8, 4) is 0 Å². The minimum Gasteiger partial charge on any atom is -0.316 e. The maximum Gasteiger partial charge on any atom is 0.260 e. The van der Waals surface area contributed by atoms with E-state index in [0.29, 0.717) is 12.1 Å². The molecule has 0 radical (unpaired) electrons. The molecule has 0 bridgehead atoms. The number of hydrogen-bond donors (Lipinski definition) is 3. The molecule has 0 saturated carbocycles. The van der Waals surface area contributed by atoms with Crippen LogP contribution in [0.2, 0.25) is 0 Å². The summed E-state index contributed by atoms with van der Waals surface area (Å²) in [6.45, 7) is 7.64. The van der Waals surface area contributed by atoms with Crippen molar-refractivity contribution in [2.24, 2.45) is 0 Å². The van der Waals surface area contributed by atoms with E-state index in [1.807, 2.05) is 0 Å². The normalized spacial score (nSPS) is 13.0. The fourth-order valence-corrected chi connectivity index (χ4v) is 3.11. The van der Waals surface area contributed by atoms with E-state index in [9.17, 15) is 8.42 Å². The molecule has 0 aromatic carbocycles. The maximum atomic E-state index is 12.1. The number of rotatable bonds is 4. The van der Waals surface area contributed by atoms with Crippen LogP contribution in [0.3, 0.4) is 0 Å². The molecule has 0 aliphatic rings. The fourth-order valence-electron chi connectivity index (χ4n) is 1.49. The molecule has 0 atom stereocenters. The number of nitrogens with zero attached hydrogens (tertiary/aromatic N) is 1. The molecule has 1 rings (SSSR count). The van der Waals surface area contributed by atoms with Gasteiger partial charge in [-0.2, -0.15) is 5.10 Å². The summed E-state index contributed by atoms with van der Waals surface area (Å²) in [7, 11) is -1.82. The third kappa shape index (κ3) is 3.52. The molecule has 6 nitrogen and oxygen atoms in total. The maximum absolute atomic E-state index is 12.1. The second-order valence-electron chi connectivity index (χ2n) is 5.02. The van der Waals surface area contributed by atoms with Crippen molar-refractivity contribution in [3.05, 3.63) is 11.3 Å². The van der Waals surface area contributed by atoms with Crippen molar-refractivity contribution < 1.29 is 8.42 Å². The Kier molecular flexibility index (Phi) is 3.95. The molecule has 0 saturated heterocycles. The summed E-state index contributed by atoms with van der Waals surface area (Å²) >= 11 is 0. The van der Waals surface area contributed by atoms with Gasteiger partial charge in [-0.15, -0.1) is 0 Å². The highest BCUT2D eigenvalue weighted by Crippen LogP contribution is 2.17. The van der Waals surface area contributed by atoms with E-state index in [-0.39, 0.29) is 5.03 Å². The Morgan fingerprint density at radius 3 is 2.41 bits per heavy atom. The molecule has 7 heteroatoms. The summed E-state index contributed by atoms with van der Waals surface area (Å²) < 4.78 is 26.9. The zero-order valence-electron chi connectivity index (χ0n) is 10.9. The summed E-state index contributed by atoms with van der Waals surface area (Å²) in [6.07, 6.45) is 0. The number of hydrogen-bond acceptors (Lipinski definition) is 4. The summed E-state index contributed by atoms with van der Waals surface area (Å²) in [5.41, 5.74) is 0.903. The van der Waals surface area contributed by atoms with Gasteiger partial charge in [0.15, 0.2) is 5.03 Å². The first-order valence-corrected chi connectivity index (χ1v) is 6.88. The fraction of sp³-hybridized carbons (Fsp3) is 0.700. The summed E-state index contributed by atoms with van der Waals surface area (Å²) in [4.78, 5) is 0. The second-order valence-corrected chi connectivity index (χ2v) is 6.62. The van der Waals surface area contributed by atoms with Crippen LogP contribution in [0.1, 0.15) is 32.0 Å². The minimum absolute atomic E-state index is 0.0688. The predicted molar refractivity (Wildman–Crippen MR) is 66.2 cm³/mol. The van der Waals surface area contributed by atoms with E-state index in [2.05, 4.69) is 20.2 Å². The Morgan fingerprint density at radius 1 is 1.35 bits per heavy atom. The van der Waals surface area contributed by atoms with E-state index in [0.717, 1.165) is 5.69 Å². The zero-order valence-corrected chi connectivity index (χ0v) is 11.7. The minimum atomic E-state index is -3.58. The molecule has 3 N–H and O–H groups in total. The lowest BCUT2D eigenvalue weighted by molar-refractivity contribution is 0.488. The third-order valence-corrected chi connectivity index (χ3v) is 3.81. The Bertz CT molecular complexity index is 485. The predicted octanol–water partition coefficient (Wildman–Crippen LogP) is 0.514. The van der Waals surface area contributed by atoms with Crippen LogP contribution in [-0.2, 0) is 16.6 Å². The summed E-state index contributed by atoms with van der Waals surface area (Å²) in [6, 6.07) is 0. The van der Waals surface area contributed by atoms with Crippen LogP contribution in [0, 0.1) is 6.92 Å². The molecule has 0 aliphatic carbocycles. The van der Waals surface area contributed by atoms with Gasteiger partial charge in [-0.1, -0.05) is 0 Å². The zero-order chi connectivity index (χ0) is 13.3. The van der Waals surface area contributed by atoms with Gasteiger partial charge in [-0.05, 0) is 34.7 Å². The highest BCUT2D eigenvalue weighted by atomic mass is 32.2. The van der Waals surface area contributed by atoms with Crippen molar-refractivity contribution >= 4 is 10.0 Å². The number of H-pyrrole nitrogens is 1. The van der Waals surface area contributed by atoms with Crippen LogP contribution in [-0.4, -0.2) is 31.2 Å². The summed E-state index contributed by atoms with van der Waals surface area (Å²) in [5, 5.41) is 9.58. The van der Waals surface area contributed by atoms with Crippen molar-refractivity contribution in [1.82, 2.24) is 20.2 Å². The highest BCUT2D eigenvalue weighted by molar-refractivity contribution is 7.89. The topological polar surface area (TPSA) is 86.9 Å². The van der Waals surface area contributed by atoms with E-state index in [4.69, 9.17) is 0 Å². The number of sulfonamides is 1. The van der Waals surface area contributed by atoms with Gasteiger partial charge >= 0.3 is 0 Å². The van der Waals surface area contributed by atoms with Crippen molar-refractivity contribution in [1.29, 1.82) is 0 Å². The van der Waals surface area contributed by atoms with E-state index >= 15 is 0 Å². The lowest BCUT2D eigenvalue weighted by Gasteiger charge is -2.19. The Balaban J connectivity index is 3.16. The molecule has 98 valence electrons. The van der Waals surface area contributed by atoms with Crippen LogP contribution < -0.4 is 10.0 Å². The van der Waals surface area contributed by atoms with E-state index < -0.39 is 15.6 Å². The van der Waals surface area contributed by atoms with Crippen LogP contribution in [0.15, 0.2) is 5.03 Å². The second kappa shape index (κ2) is 4.75. The number of aromatic amines is 1. The SMILES string of the molecule is CNCc1c(S(=O)(=O)NC(C)(C)C)n[nH]c1C. The lowest BCUT2D eigenvalue weighted by Crippen LogP contribution is -2.41. The van der Waals surface area contributed by atoms with Crippen LogP contribution in [0.4, 0.5) is 0 Å². The average Bonchev–Trinajstić information content (AvgIpc) is 2.45. The van der Waals surface area contributed by atoms with Crippen molar-refractivity contribution in [3.63, 3.8) is 0 Å². The number of aromatic nitrogens is 2. The molecule has 17 heavy (non-hydrogen) atoms. The highest BCUT2D eigenvalue weighted by Gasteiger charge is 2.27. The molecule has 1 heterocycles. The molecule has 0 unspecified atom stereocenters. The largest absolute Gasteiger partial charge is 0.316 e. The molecule has 0 spiro atoms. The molecule has 1 aromatic rings. The first kappa shape index (κ1) is 14.1. The first-order valence-electron chi connectivity index (χ1n) is 5.40. The van der Waals surface area contributed by atoms with Gasteiger partial charge in [-0.3, -0.25) is 5.10 Å². The molecular formula is C10H20N4O2S. The van der Waals surface area contributed by atoms with Gasteiger partial charge in [-0.25, -0.2) is 13.1 Å². The summed E-state index contributed by atoms with van der Waals surface area (Å²) in [5.74, 6) is 0. The van der Waals surface area contributed by atoms with Crippen molar-refractivity contribution in [2.45, 2.75) is 44.8 Å². The Morgan fingerprint density at radius 2 is 1.94 bits per heavy atom. The molecule has 0 amide bonds. The Labute approximate surface area is 102 Å². The van der Waals surface area contributed by atoms with Gasteiger partial charge < -0.3 is 5.32 Å². The van der Waals surface area contributed by atoms with Gasteiger partial charge in [0.25, 0.3) is 10.0 Å². The Hall–Kier alpha value is -0.920. The monoisotopic (exact) mass is 260 g/mol. The molecule has 0 fully saturated rings. The van der Waals surface area contributed by atoms with E-state index in [1.54, 1.807) is 34.7 Å². The molecule has 0 aliphatic heterocycles. The van der Waals surface area contributed by atoms with Crippen molar-refractivity contribution in [2.75, 3.05) is 7.05 Å². The standard InChI is InChI=1S/C10H20N4O2S/c1-7-8(6-11-5)9(13-12-7)17(15,16)14-10(2,3)4/h11,14H,6H2,1-5H3,(H,12,13). The number of aryl methyl sites for hydroxylation is 1. The molecule has 1 aromatic heterocycles. The van der Waals surface area contributed by atoms with Crippen LogP contribution >= 0.6 is 0 Å². The van der Waals surface area contributed by atoms with Crippen LogP contribution in [0.5, 0.6) is 0 Å². The molecular weight excluding hydrogens is 240 g/mol. The van der Waals surface area contributed by atoms with E-state index in [1.165, 1.54) is 0 Å². The van der Waals surface area contributed by atoms with Gasteiger partial charge in [0.2, 0.25) is 0 Å². The quantitative estimate of drug-likeness (QED) is 0.736. The average molecular weight is 260 g/mol. The number of nitrogens with one attached hydrogen (secondary N) is 3. The van der Waals surface area contributed by atoms with Crippen LogP contribution in [0.25, 0.3) is 0 Å².